The Kier molecular flexibility index (Phi) is 4.35. The van der Waals surface area contributed by atoms with E-state index >= 15 is 0 Å². The lowest BCUT2D eigenvalue weighted by atomic mass is 9.70. The molecule has 1 heterocycles. The zero-order valence-electron chi connectivity index (χ0n) is 12.4. The number of hydrogen-bond donors (Lipinski definition) is 1. The predicted octanol–water partition coefficient (Wildman–Crippen LogP) is 2.28. The van der Waals surface area contributed by atoms with Gasteiger partial charge in [0, 0.05) is 18.7 Å². The molecule has 0 spiro atoms. The normalized spacial score (nSPS) is 38.3. The minimum absolute atomic E-state index is 0.158. The van der Waals surface area contributed by atoms with Gasteiger partial charge in [0.25, 0.3) is 0 Å². The van der Waals surface area contributed by atoms with Crippen molar-refractivity contribution in [3.05, 3.63) is 0 Å². The lowest BCUT2D eigenvalue weighted by Crippen LogP contribution is -2.51. The van der Waals surface area contributed by atoms with Gasteiger partial charge in [0.1, 0.15) is 0 Å². The Morgan fingerprint density at radius 1 is 1.17 bits per heavy atom. The first-order valence-electron chi connectivity index (χ1n) is 7.37. The van der Waals surface area contributed by atoms with Gasteiger partial charge in [-0.2, -0.15) is 0 Å². The van der Waals surface area contributed by atoms with Crippen molar-refractivity contribution < 1.29 is 9.84 Å². The van der Waals surface area contributed by atoms with E-state index in [0.717, 1.165) is 44.8 Å². The Bertz CT molecular complexity index is 268. The van der Waals surface area contributed by atoms with Crippen LogP contribution in [-0.2, 0) is 4.74 Å². The Balaban J connectivity index is 2.00. The van der Waals surface area contributed by atoms with E-state index in [-0.39, 0.29) is 6.10 Å². The molecular weight excluding hydrogens is 226 g/mol. The van der Waals surface area contributed by atoms with Crippen molar-refractivity contribution in [2.45, 2.75) is 64.6 Å². The smallest absolute Gasteiger partial charge is 0.0695 e. The molecule has 4 atom stereocenters. The second kappa shape index (κ2) is 5.48. The number of ether oxygens (including phenoxy) is 1. The summed E-state index contributed by atoms with van der Waals surface area (Å²) in [7, 11) is 2.16. The second-order valence-corrected chi connectivity index (χ2v) is 7.19. The molecule has 1 aliphatic carbocycles. The monoisotopic (exact) mass is 255 g/mol. The van der Waals surface area contributed by atoms with E-state index in [9.17, 15) is 5.11 Å². The van der Waals surface area contributed by atoms with Gasteiger partial charge in [0.05, 0.1) is 12.7 Å². The zero-order chi connectivity index (χ0) is 13.3. The van der Waals surface area contributed by atoms with Gasteiger partial charge in [-0.1, -0.05) is 20.8 Å². The molecule has 0 aromatic heterocycles. The van der Waals surface area contributed by atoms with Crippen LogP contribution in [0.1, 0.15) is 46.5 Å². The molecule has 106 valence electrons. The molecule has 1 saturated heterocycles. The third kappa shape index (κ3) is 3.06. The lowest BCUT2D eigenvalue weighted by Gasteiger charge is -2.45. The Hall–Kier alpha value is -0.120. The van der Waals surface area contributed by atoms with Crippen LogP contribution in [0.25, 0.3) is 0 Å². The summed E-state index contributed by atoms with van der Waals surface area (Å²) in [5.74, 6) is 0.718. The molecular formula is C15H29NO2. The topological polar surface area (TPSA) is 32.7 Å². The van der Waals surface area contributed by atoms with E-state index in [1.165, 1.54) is 0 Å². The molecule has 3 nitrogen and oxygen atoms in total. The average Bonchev–Trinajstić information content (AvgIpc) is 2.80. The largest absolute Gasteiger partial charge is 0.391 e. The van der Waals surface area contributed by atoms with Crippen LogP contribution in [0.4, 0.5) is 0 Å². The van der Waals surface area contributed by atoms with Crippen LogP contribution >= 0.6 is 0 Å². The second-order valence-electron chi connectivity index (χ2n) is 7.19. The van der Waals surface area contributed by atoms with Gasteiger partial charge in [0.15, 0.2) is 0 Å². The molecule has 18 heavy (non-hydrogen) atoms. The van der Waals surface area contributed by atoms with Crippen molar-refractivity contribution in [3.63, 3.8) is 0 Å². The molecule has 4 unspecified atom stereocenters. The standard InChI is InChI=1S/C15H29NO2/c1-15(2,3)11-5-6-14(17)13(9-11)16(4)12-7-8-18-10-12/h11-14,17H,5-10H2,1-4H3. The van der Waals surface area contributed by atoms with Crippen LogP contribution in [-0.4, -0.2) is 48.5 Å². The summed E-state index contributed by atoms with van der Waals surface area (Å²) in [5, 5.41) is 10.3. The summed E-state index contributed by atoms with van der Waals surface area (Å²) >= 11 is 0. The number of nitrogens with zero attached hydrogens (tertiary/aromatic N) is 1. The maximum absolute atomic E-state index is 10.3. The first kappa shape index (κ1) is 14.3. The van der Waals surface area contributed by atoms with Gasteiger partial charge in [-0.25, -0.2) is 0 Å². The SMILES string of the molecule is CN(C1CCOC1)C1CC(C(C)(C)C)CCC1O. The molecule has 2 aliphatic rings. The summed E-state index contributed by atoms with van der Waals surface area (Å²) < 4.78 is 5.48. The molecule has 1 N–H and O–H groups in total. The van der Waals surface area contributed by atoms with Crippen LogP contribution in [0.15, 0.2) is 0 Å². The molecule has 0 aromatic carbocycles. The summed E-state index contributed by atoms with van der Waals surface area (Å²) in [6.45, 7) is 8.68. The molecule has 1 aliphatic heterocycles. The molecule has 2 fully saturated rings. The number of hydrogen-bond acceptors (Lipinski definition) is 3. The fraction of sp³-hybridized carbons (Fsp3) is 1.00. The zero-order valence-corrected chi connectivity index (χ0v) is 12.4. The molecule has 3 heteroatoms. The van der Waals surface area contributed by atoms with Gasteiger partial charge < -0.3 is 9.84 Å². The highest BCUT2D eigenvalue weighted by atomic mass is 16.5. The van der Waals surface area contributed by atoms with Gasteiger partial charge >= 0.3 is 0 Å². The third-order valence-corrected chi connectivity index (χ3v) is 5.01. The quantitative estimate of drug-likeness (QED) is 0.821. The van der Waals surface area contributed by atoms with Crippen LogP contribution in [0.5, 0.6) is 0 Å². The summed E-state index contributed by atoms with van der Waals surface area (Å²) in [5.41, 5.74) is 0.353. The van der Waals surface area contributed by atoms with Crippen molar-refractivity contribution in [2.24, 2.45) is 11.3 Å². The molecule has 2 rings (SSSR count). The van der Waals surface area contributed by atoms with E-state index in [4.69, 9.17) is 4.74 Å². The van der Waals surface area contributed by atoms with Gasteiger partial charge in [-0.15, -0.1) is 0 Å². The Labute approximate surface area is 112 Å². The molecule has 0 bridgehead atoms. The summed E-state index contributed by atoms with van der Waals surface area (Å²) in [6, 6.07) is 0.818. The fourth-order valence-electron chi connectivity index (χ4n) is 3.47. The highest BCUT2D eigenvalue weighted by Gasteiger charge is 2.39. The molecule has 0 aromatic rings. The number of aliphatic hydroxyl groups is 1. The Morgan fingerprint density at radius 3 is 2.44 bits per heavy atom. The van der Waals surface area contributed by atoms with Gasteiger partial charge in [-0.3, -0.25) is 4.90 Å². The first-order chi connectivity index (χ1) is 8.39. The van der Waals surface area contributed by atoms with Gasteiger partial charge in [0.2, 0.25) is 0 Å². The van der Waals surface area contributed by atoms with Crippen LogP contribution < -0.4 is 0 Å². The van der Waals surface area contributed by atoms with Crippen LogP contribution in [0, 0.1) is 11.3 Å². The molecule has 1 saturated carbocycles. The predicted molar refractivity (Wildman–Crippen MR) is 73.6 cm³/mol. The summed E-state index contributed by atoms with van der Waals surface area (Å²) in [4.78, 5) is 2.38. The molecule has 0 radical (unpaired) electrons. The van der Waals surface area contributed by atoms with Crippen molar-refractivity contribution in [1.82, 2.24) is 4.90 Å². The van der Waals surface area contributed by atoms with E-state index in [2.05, 4.69) is 32.7 Å². The van der Waals surface area contributed by atoms with Crippen molar-refractivity contribution in [3.8, 4) is 0 Å². The van der Waals surface area contributed by atoms with E-state index < -0.39 is 0 Å². The minimum atomic E-state index is -0.158. The lowest BCUT2D eigenvalue weighted by molar-refractivity contribution is -0.0233. The number of likely N-dealkylation sites (N-methyl/N-ethyl adjacent to an activating group) is 1. The van der Waals surface area contributed by atoms with Gasteiger partial charge in [-0.05, 0) is 44.1 Å². The minimum Gasteiger partial charge on any atom is -0.391 e. The maximum atomic E-state index is 10.3. The third-order valence-electron chi connectivity index (χ3n) is 5.01. The fourth-order valence-corrected chi connectivity index (χ4v) is 3.47. The van der Waals surface area contributed by atoms with E-state index in [1.54, 1.807) is 0 Å². The van der Waals surface area contributed by atoms with E-state index in [0.29, 0.717) is 17.5 Å². The highest BCUT2D eigenvalue weighted by Crippen LogP contribution is 2.39. The van der Waals surface area contributed by atoms with Crippen LogP contribution in [0.2, 0.25) is 0 Å². The first-order valence-corrected chi connectivity index (χ1v) is 7.37. The highest BCUT2D eigenvalue weighted by molar-refractivity contribution is 4.92. The number of rotatable bonds is 2. The Morgan fingerprint density at radius 2 is 1.89 bits per heavy atom. The number of aliphatic hydroxyl groups excluding tert-OH is 1. The van der Waals surface area contributed by atoms with Crippen LogP contribution in [0.3, 0.4) is 0 Å². The molecule has 0 amide bonds. The van der Waals surface area contributed by atoms with Crippen molar-refractivity contribution >= 4 is 0 Å². The van der Waals surface area contributed by atoms with Crippen molar-refractivity contribution in [2.75, 3.05) is 20.3 Å². The summed E-state index contributed by atoms with van der Waals surface area (Å²) in [6.07, 6.45) is 4.19. The maximum Gasteiger partial charge on any atom is 0.0695 e. The average molecular weight is 255 g/mol. The van der Waals surface area contributed by atoms with Crippen molar-refractivity contribution in [1.29, 1.82) is 0 Å². The van der Waals surface area contributed by atoms with E-state index in [1.807, 2.05) is 0 Å².